The van der Waals surface area contributed by atoms with E-state index in [4.69, 9.17) is 0 Å². The number of anilines is 1. The van der Waals surface area contributed by atoms with Crippen molar-refractivity contribution < 1.29 is 4.79 Å². The van der Waals surface area contributed by atoms with Crippen molar-refractivity contribution in [3.05, 3.63) is 29.3 Å². The highest BCUT2D eigenvalue weighted by molar-refractivity contribution is 5.60. The van der Waals surface area contributed by atoms with Gasteiger partial charge >= 0.3 is 0 Å². The Labute approximate surface area is 109 Å². The summed E-state index contributed by atoms with van der Waals surface area (Å²) >= 11 is 0. The first kappa shape index (κ1) is 12.8. The summed E-state index contributed by atoms with van der Waals surface area (Å²) in [5.74, 6) is 0. The van der Waals surface area contributed by atoms with Gasteiger partial charge in [0, 0.05) is 25.3 Å². The van der Waals surface area contributed by atoms with Gasteiger partial charge in [-0.25, -0.2) is 4.79 Å². The van der Waals surface area contributed by atoms with E-state index in [1.54, 1.807) is 6.08 Å². The third-order valence-electron chi connectivity index (χ3n) is 3.89. The smallest absolute Gasteiger partial charge is 0.235 e. The number of hydrogen-bond donors (Lipinski definition) is 0. The van der Waals surface area contributed by atoms with Crippen molar-refractivity contribution in [1.29, 1.82) is 0 Å². The van der Waals surface area contributed by atoms with Crippen LogP contribution in [0.4, 0.5) is 5.69 Å². The van der Waals surface area contributed by atoms with Gasteiger partial charge in [0.1, 0.15) is 5.54 Å². The summed E-state index contributed by atoms with van der Waals surface area (Å²) in [6.07, 6.45) is 5.97. The van der Waals surface area contributed by atoms with Gasteiger partial charge in [-0.2, -0.15) is 4.99 Å². The van der Waals surface area contributed by atoms with Crippen molar-refractivity contribution in [3.8, 4) is 0 Å². The summed E-state index contributed by atoms with van der Waals surface area (Å²) in [5, 5.41) is 0. The molecule has 1 aromatic carbocycles. The Balaban J connectivity index is 2.64. The van der Waals surface area contributed by atoms with E-state index in [2.05, 4.69) is 35.0 Å². The number of hydrogen-bond acceptors (Lipinski definition) is 3. The second kappa shape index (κ2) is 4.95. The molecule has 1 fully saturated rings. The molecule has 0 atom stereocenters. The molecule has 0 amide bonds. The van der Waals surface area contributed by atoms with Gasteiger partial charge in [-0.15, -0.1) is 0 Å². The fourth-order valence-corrected chi connectivity index (χ4v) is 3.10. The SMILES string of the molecule is Cc1cccc(N(C)C)c1C1(N=C=O)CCCC1. The van der Waals surface area contributed by atoms with E-state index in [0.29, 0.717) is 0 Å². The quantitative estimate of drug-likeness (QED) is 0.604. The second-order valence-electron chi connectivity index (χ2n) is 5.31. The summed E-state index contributed by atoms with van der Waals surface area (Å²) in [5.41, 5.74) is 3.24. The maximum absolute atomic E-state index is 10.8. The van der Waals surface area contributed by atoms with Crippen molar-refractivity contribution in [2.24, 2.45) is 4.99 Å². The fourth-order valence-electron chi connectivity index (χ4n) is 3.10. The Bertz CT molecular complexity index is 481. The molecule has 0 aromatic heterocycles. The molecule has 18 heavy (non-hydrogen) atoms. The van der Waals surface area contributed by atoms with Crippen LogP contribution >= 0.6 is 0 Å². The molecule has 0 unspecified atom stereocenters. The van der Waals surface area contributed by atoms with Crippen LogP contribution in [-0.2, 0) is 10.3 Å². The van der Waals surface area contributed by atoms with Crippen molar-refractivity contribution in [1.82, 2.24) is 0 Å². The van der Waals surface area contributed by atoms with E-state index in [0.717, 1.165) is 31.4 Å². The Hall–Kier alpha value is -1.60. The normalized spacial score (nSPS) is 17.3. The van der Waals surface area contributed by atoms with Crippen LogP contribution in [0.25, 0.3) is 0 Å². The predicted molar refractivity (Wildman–Crippen MR) is 73.8 cm³/mol. The largest absolute Gasteiger partial charge is 0.377 e. The van der Waals surface area contributed by atoms with Crippen molar-refractivity contribution in [2.45, 2.75) is 38.1 Å². The zero-order chi connectivity index (χ0) is 13.2. The highest BCUT2D eigenvalue weighted by atomic mass is 16.1. The minimum atomic E-state index is -0.341. The van der Waals surface area contributed by atoms with Crippen LogP contribution in [0.1, 0.15) is 36.8 Å². The van der Waals surface area contributed by atoms with Gasteiger partial charge in [-0.1, -0.05) is 25.0 Å². The highest BCUT2D eigenvalue weighted by Gasteiger charge is 2.38. The molecule has 3 nitrogen and oxygen atoms in total. The highest BCUT2D eigenvalue weighted by Crippen LogP contribution is 2.46. The van der Waals surface area contributed by atoms with Gasteiger partial charge in [-0.05, 0) is 31.4 Å². The third kappa shape index (κ3) is 2.06. The van der Waals surface area contributed by atoms with Gasteiger partial charge in [0.2, 0.25) is 6.08 Å². The molecule has 2 rings (SSSR count). The molecule has 0 N–H and O–H groups in total. The van der Waals surface area contributed by atoms with E-state index >= 15 is 0 Å². The van der Waals surface area contributed by atoms with Crippen LogP contribution < -0.4 is 4.90 Å². The van der Waals surface area contributed by atoms with E-state index in [1.165, 1.54) is 11.1 Å². The summed E-state index contributed by atoms with van der Waals surface area (Å²) in [7, 11) is 4.07. The van der Waals surface area contributed by atoms with Gasteiger partial charge in [0.05, 0.1) is 0 Å². The first-order chi connectivity index (χ1) is 8.60. The van der Waals surface area contributed by atoms with Gasteiger partial charge in [0.15, 0.2) is 0 Å². The van der Waals surface area contributed by atoms with E-state index in [-0.39, 0.29) is 5.54 Å². The fraction of sp³-hybridized carbons (Fsp3) is 0.533. The monoisotopic (exact) mass is 244 g/mol. The first-order valence-corrected chi connectivity index (χ1v) is 6.47. The second-order valence-corrected chi connectivity index (χ2v) is 5.31. The lowest BCUT2D eigenvalue weighted by Gasteiger charge is -2.30. The Kier molecular flexibility index (Phi) is 3.53. The number of nitrogens with zero attached hydrogens (tertiary/aromatic N) is 2. The van der Waals surface area contributed by atoms with Crippen LogP contribution in [0.3, 0.4) is 0 Å². The lowest BCUT2D eigenvalue weighted by molar-refractivity contribution is 0.454. The molecular weight excluding hydrogens is 224 g/mol. The predicted octanol–water partition coefficient (Wildman–Crippen LogP) is 3.17. The average molecular weight is 244 g/mol. The average Bonchev–Trinajstić information content (AvgIpc) is 2.78. The molecule has 1 aromatic rings. The van der Waals surface area contributed by atoms with Crippen LogP contribution in [0.5, 0.6) is 0 Å². The van der Waals surface area contributed by atoms with Crippen LogP contribution in [0.15, 0.2) is 23.2 Å². The van der Waals surface area contributed by atoms with Crippen LogP contribution in [0.2, 0.25) is 0 Å². The van der Waals surface area contributed by atoms with E-state index in [1.807, 2.05) is 14.1 Å². The lowest BCUT2D eigenvalue weighted by Crippen LogP contribution is -2.24. The van der Waals surface area contributed by atoms with E-state index < -0.39 is 0 Å². The summed E-state index contributed by atoms with van der Waals surface area (Å²) in [6, 6.07) is 6.26. The number of aryl methyl sites for hydroxylation is 1. The third-order valence-corrected chi connectivity index (χ3v) is 3.89. The molecule has 0 aliphatic heterocycles. The summed E-state index contributed by atoms with van der Waals surface area (Å²) in [6.45, 7) is 2.10. The molecule has 96 valence electrons. The van der Waals surface area contributed by atoms with Gasteiger partial charge < -0.3 is 4.90 Å². The van der Waals surface area contributed by atoms with Crippen LogP contribution in [-0.4, -0.2) is 20.2 Å². The van der Waals surface area contributed by atoms with Gasteiger partial charge in [0.25, 0.3) is 0 Å². The molecule has 1 aliphatic carbocycles. The standard InChI is InChI=1S/C15H20N2O/c1-12-7-6-8-13(17(2)3)14(12)15(16-11-18)9-4-5-10-15/h6-8H,4-5,9-10H2,1-3H3. The topological polar surface area (TPSA) is 32.7 Å². The Morgan fingerprint density at radius 3 is 2.50 bits per heavy atom. The molecule has 3 heteroatoms. The maximum atomic E-state index is 10.8. The number of carbonyl (C=O) groups excluding carboxylic acids is 1. The molecular formula is C15H20N2O. The molecule has 0 spiro atoms. The summed E-state index contributed by atoms with van der Waals surface area (Å²) in [4.78, 5) is 17.1. The molecule has 0 radical (unpaired) electrons. The van der Waals surface area contributed by atoms with Crippen molar-refractivity contribution >= 4 is 11.8 Å². The van der Waals surface area contributed by atoms with E-state index in [9.17, 15) is 4.79 Å². The molecule has 1 saturated carbocycles. The molecule has 0 bridgehead atoms. The summed E-state index contributed by atoms with van der Waals surface area (Å²) < 4.78 is 0. The molecule has 0 heterocycles. The number of benzene rings is 1. The van der Waals surface area contributed by atoms with Gasteiger partial charge in [-0.3, -0.25) is 0 Å². The maximum Gasteiger partial charge on any atom is 0.235 e. The zero-order valence-corrected chi connectivity index (χ0v) is 11.4. The Morgan fingerprint density at radius 2 is 1.94 bits per heavy atom. The number of aliphatic imine (C=N–C) groups is 1. The van der Waals surface area contributed by atoms with Crippen molar-refractivity contribution in [3.63, 3.8) is 0 Å². The molecule has 0 saturated heterocycles. The minimum absolute atomic E-state index is 0.341. The zero-order valence-electron chi connectivity index (χ0n) is 11.4. The number of rotatable bonds is 3. The number of isocyanates is 1. The lowest BCUT2D eigenvalue weighted by atomic mass is 9.84. The minimum Gasteiger partial charge on any atom is -0.377 e. The Morgan fingerprint density at radius 1 is 1.28 bits per heavy atom. The van der Waals surface area contributed by atoms with Crippen molar-refractivity contribution in [2.75, 3.05) is 19.0 Å². The first-order valence-electron chi connectivity index (χ1n) is 6.47. The molecule has 1 aliphatic rings. The van der Waals surface area contributed by atoms with Crippen LogP contribution in [0, 0.1) is 6.92 Å².